The molecule has 2 fully saturated rings. The fourth-order valence-corrected chi connectivity index (χ4v) is 4.75. The van der Waals surface area contributed by atoms with Gasteiger partial charge in [0.25, 0.3) is 11.8 Å². The summed E-state index contributed by atoms with van der Waals surface area (Å²) in [5, 5.41) is 12.0. The fourth-order valence-electron chi connectivity index (χ4n) is 4.75. The van der Waals surface area contributed by atoms with Crippen LogP contribution in [0.1, 0.15) is 44.8 Å². The van der Waals surface area contributed by atoms with Crippen LogP contribution in [0.15, 0.2) is 66.9 Å². The molecule has 0 saturated carbocycles. The van der Waals surface area contributed by atoms with E-state index in [9.17, 15) is 9.59 Å². The van der Waals surface area contributed by atoms with Gasteiger partial charge in [-0.25, -0.2) is 4.85 Å². The first kappa shape index (κ1) is 25.9. The SMILES string of the molecule is [C-]#[N+]c1ccc(OC2CN(C(=O)c3ccc(C(=O)NC4CCN(Cc5ccc(C#N)cc5)CC4)nc3)C2)cc1. The molecule has 3 aromatic rings. The van der Waals surface area contributed by atoms with Gasteiger partial charge in [0.15, 0.2) is 5.69 Å². The Bertz CT molecular complexity index is 1390. The number of likely N-dealkylation sites (tertiary alicyclic amines) is 2. The number of carbonyl (C=O) groups excluding carboxylic acids is 2. The molecule has 0 bridgehead atoms. The largest absolute Gasteiger partial charge is 0.487 e. The van der Waals surface area contributed by atoms with E-state index in [1.807, 2.05) is 24.3 Å². The summed E-state index contributed by atoms with van der Waals surface area (Å²) in [4.78, 5) is 37.2. The lowest BCUT2D eigenvalue weighted by Crippen LogP contribution is -2.56. The first-order valence-corrected chi connectivity index (χ1v) is 12.9. The molecule has 3 heterocycles. The lowest BCUT2D eigenvalue weighted by atomic mass is 10.0. The molecule has 2 aliphatic rings. The predicted molar refractivity (Wildman–Crippen MR) is 144 cm³/mol. The van der Waals surface area contributed by atoms with Crippen LogP contribution < -0.4 is 10.1 Å². The van der Waals surface area contributed by atoms with Gasteiger partial charge in [0.1, 0.15) is 17.5 Å². The summed E-state index contributed by atoms with van der Waals surface area (Å²) in [6, 6.07) is 20.0. The molecular formula is C30H28N6O3. The van der Waals surface area contributed by atoms with Crippen molar-refractivity contribution in [1.29, 1.82) is 5.26 Å². The van der Waals surface area contributed by atoms with Gasteiger partial charge in [-0.15, -0.1) is 0 Å². The maximum Gasteiger partial charge on any atom is 0.270 e. The third kappa shape index (κ3) is 6.40. The number of nitrogens with one attached hydrogen (secondary N) is 1. The highest BCUT2D eigenvalue weighted by Crippen LogP contribution is 2.23. The highest BCUT2D eigenvalue weighted by atomic mass is 16.5. The van der Waals surface area contributed by atoms with Crippen LogP contribution in [0, 0.1) is 17.9 Å². The smallest absolute Gasteiger partial charge is 0.270 e. The average Bonchev–Trinajstić information content (AvgIpc) is 2.96. The number of carbonyl (C=O) groups is 2. The standard InChI is InChI=1S/C30H28N6O3/c1-32-24-7-9-26(10-8-24)39-27-19-36(20-27)30(38)23-6-11-28(33-17-23)29(37)34-25-12-14-35(15-13-25)18-22-4-2-21(16-31)3-5-22/h2-11,17,25,27H,12-15,18-20H2,(H,34,37). The number of hydrogen-bond donors (Lipinski definition) is 1. The minimum atomic E-state index is -0.235. The molecule has 0 aliphatic carbocycles. The zero-order valence-electron chi connectivity index (χ0n) is 21.4. The Morgan fingerprint density at radius 3 is 2.38 bits per heavy atom. The fraction of sp³-hybridized carbons (Fsp3) is 0.300. The number of ether oxygens (including phenoxy) is 1. The van der Waals surface area contributed by atoms with Crippen molar-refractivity contribution in [2.24, 2.45) is 0 Å². The molecule has 9 nitrogen and oxygen atoms in total. The maximum atomic E-state index is 12.8. The summed E-state index contributed by atoms with van der Waals surface area (Å²) in [7, 11) is 0. The number of piperidine rings is 1. The summed E-state index contributed by atoms with van der Waals surface area (Å²) in [5.74, 6) is 0.294. The van der Waals surface area contributed by atoms with E-state index >= 15 is 0 Å². The maximum absolute atomic E-state index is 12.8. The monoisotopic (exact) mass is 520 g/mol. The van der Waals surface area contributed by atoms with Gasteiger partial charge in [-0.05, 0) is 54.8 Å². The second kappa shape index (κ2) is 11.8. The van der Waals surface area contributed by atoms with Crippen molar-refractivity contribution < 1.29 is 14.3 Å². The minimum Gasteiger partial charge on any atom is -0.487 e. The Kier molecular flexibility index (Phi) is 7.81. The Labute approximate surface area is 227 Å². The van der Waals surface area contributed by atoms with Gasteiger partial charge in [-0.1, -0.05) is 24.3 Å². The zero-order valence-corrected chi connectivity index (χ0v) is 21.4. The van der Waals surface area contributed by atoms with Crippen LogP contribution in [0.4, 0.5) is 5.69 Å². The van der Waals surface area contributed by atoms with Crippen molar-refractivity contribution in [3.63, 3.8) is 0 Å². The van der Waals surface area contributed by atoms with E-state index in [2.05, 4.69) is 26.1 Å². The van der Waals surface area contributed by atoms with Gasteiger partial charge in [0.2, 0.25) is 0 Å². The first-order valence-electron chi connectivity index (χ1n) is 12.9. The zero-order chi connectivity index (χ0) is 27.2. The van der Waals surface area contributed by atoms with Gasteiger partial charge >= 0.3 is 0 Å². The molecule has 2 aliphatic heterocycles. The van der Waals surface area contributed by atoms with Gasteiger partial charge in [0, 0.05) is 31.9 Å². The van der Waals surface area contributed by atoms with Gasteiger partial charge in [-0.3, -0.25) is 19.5 Å². The van der Waals surface area contributed by atoms with Crippen LogP contribution in [-0.2, 0) is 6.54 Å². The molecule has 2 amide bonds. The van der Waals surface area contributed by atoms with Crippen LogP contribution in [0.5, 0.6) is 5.75 Å². The van der Waals surface area contributed by atoms with Crippen molar-refractivity contribution >= 4 is 17.5 Å². The van der Waals surface area contributed by atoms with Gasteiger partial charge < -0.3 is 15.0 Å². The van der Waals surface area contributed by atoms with Crippen LogP contribution in [-0.4, -0.2) is 64.9 Å². The molecule has 1 N–H and O–H groups in total. The summed E-state index contributed by atoms with van der Waals surface area (Å²) in [6.45, 7) is 10.5. The van der Waals surface area contributed by atoms with E-state index < -0.39 is 0 Å². The minimum absolute atomic E-state index is 0.0772. The van der Waals surface area contributed by atoms with E-state index in [4.69, 9.17) is 16.6 Å². The third-order valence-corrected chi connectivity index (χ3v) is 7.06. The Balaban J connectivity index is 1.05. The second-order valence-electron chi connectivity index (χ2n) is 9.82. The highest BCUT2D eigenvalue weighted by molar-refractivity contribution is 5.96. The number of hydrogen-bond acceptors (Lipinski definition) is 6. The first-order chi connectivity index (χ1) is 19.0. The Hall–Kier alpha value is -4.73. The highest BCUT2D eigenvalue weighted by Gasteiger charge is 2.33. The lowest BCUT2D eigenvalue weighted by Gasteiger charge is -2.39. The van der Waals surface area contributed by atoms with Crippen molar-refractivity contribution in [3.8, 4) is 11.8 Å². The summed E-state index contributed by atoms with van der Waals surface area (Å²) in [5.41, 5.74) is 3.11. The lowest BCUT2D eigenvalue weighted by molar-refractivity contribution is 0.0177. The van der Waals surface area contributed by atoms with Crippen molar-refractivity contribution in [1.82, 2.24) is 20.1 Å². The molecule has 1 aromatic heterocycles. The quantitative estimate of drug-likeness (QED) is 0.476. The topological polar surface area (TPSA) is 103 Å². The molecule has 0 radical (unpaired) electrons. The van der Waals surface area contributed by atoms with Crippen LogP contribution in [0.3, 0.4) is 0 Å². The second-order valence-corrected chi connectivity index (χ2v) is 9.82. The predicted octanol–water partition coefficient (Wildman–Crippen LogP) is 3.80. The van der Waals surface area contributed by atoms with Crippen LogP contribution >= 0.6 is 0 Å². The van der Waals surface area contributed by atoms with E-state index in [-0.39, 0.29) is 24.0 Å². The number of rotatable bonds is 7. The molecule has 2 saturated heterocycles. The molecule has 0 spiro atoms. The normalized spacial score (nSPS) is 16.0. The van der Waals surface area contributed by atoms with Gasteiger partial charge in [0.05, 0.1) is 36.9 Å². The van der Waals surface area contributed by atoms with E-state index in [1.165, 1.54) is 11.8 Å². The molecule has 0 unspecified atom stereocenters. The van der Waals surface area contributed by atoms with E-state index in [0.717, 1.165) is 32.5 Å². The summed E-state index contributed by atoms with van der Waals surface area (Å²) in [6.07, 6.45) is 3.05. The molecular weight excluding hydrogens is 492 g/mol. The van der Waals surface area contributed by atoms with E-state index in [1.54, 1.807) is 41.3 Å². The molecule has 9 heteroatoms. The molecule has 196 valence electrons. The summed E-state index contributed by atoms with van der Waals surface area (Å²) >= 11 is 0. The van der Waals surface area contributed by atoms with Crippen molar-refractivity contribution in [2.45, 2.75) is 31.5 Å². The van der Waals surface area contributed by atoms with Crippen molar-refractivity contribution in [3.05, 3.63) is 101 Å². The number of benzene rings is 2. The average molecular weight is 521 g/mol. The number of pyridine rings is 1. The Morgan fingerprint density at radius 1 is 1.05 bits per heavy atom. The number of nitriles is 1. The summed E-state index contributed by atoms with van der Waals surface area (Å²) < 4.78 is 5.85. The van der Waals surface area contributed by atoms with Crippen molar-refractivity contribution in [2.75, 3.05) is 26.2 Å². The molecule has 39 heavy (non-hydrogen) atoms. The van der Waals surface area contributed by atoms with E-state index in [0.29, 0.717) is 41.3 Å². The molecule has 2 aromatic carbocycles. The molecule has 5 rings (SSSR count). The number of nitrogens with zero attached hydrogens (tertiary/aromatic N) is 5. The van der Waals surface area contributed by atoms with Gasteiger partial charge in [-0.2, -0.15) is 5.26 Å². The van der Waals surface area contributed by atoms with Crippen LogP contribution in [0.25, 0.3) is 4.85 Å². The third-order valence-electron chi connectivity index (χ3n) is 7.06. The Morgan fingerprint density at radius 2 is 1.77 bits per heavy atom. The number of amides is 2. The number of aromatic nitrogens is 1. The van der Waals surface area contributed by atoms with Crippen LogP contribution in [0.2, 0.25) is 0 Å². The molecule has 0 atom stereocenters.